The van der Waals surface area contributed by atoms with Crippen LogP contribution in [0, 0.1) is 0 Å². The molecule has 0 spiro atoms. The second kappa shape index (κ2) is 6.66. The van der Waals surface area contributed by atoms with Crippen molar-refractivity contribution in [1.82, 2.24) is 10.2 Å². The van der Waals surface area contributed by atoms with Crippen molar-refractivity contribution in [2.45, 2.75) is 4.90 Å². The summed E-state index contributed by atoms with van der Waals surface area (Å²) in [5.41, 5.74) is -0.694. The first-order chi connectivity index (χ1) is 10.7. The number of rotatable bonds is 3. The van der Waals surface area contributed by atoms with Crippen LogP contribution >= 0.6 is 27.5 Å². The van der Waals surface area contributed by atoms with Gasteiger partial charge < -0.3 is 5.32 Å². The van der Waals surface area contributed by atoms with E-state index in [1.54, 1.807) is 24.3 Å². The van der Waals surface area contributed by atoms with Crippen LogP contribution in [0.2, 0.25) is 5.15 Å². The predicted molar refractivity (Wildman–Crippen MR) is 88.0 cm³/mol. The van der Waals surface area contributed by atoms with Crippen molar-refractivity contribution >= 4 is 55.1 Å². The molecule has 0 bridgehead atoms. The topological polar surface area (TPSA) is 147 Å². The minimum absolute atomic E-state index is 0.432. The number of amides is 2. The zero-order valence-corrected chi connectivity index (χ0v) is 14.3. The maximum absolute atomic E-state index is 12.0. The Morgan fingerprint density at radius 1 is 1.30 bits per heavy atom. The van der Waals surface area contributed by atoms with Gasteiger partial charge in [-0.15, -0.1) is 0 Å². The molecule has 2 rings (SSSR count). The number of hydrogen-bond acceptors (Lipinski definition) is 5. The summed E-state index contributed by atoms with van der Waals surface area (Å²) in [6, 6.07) is 5.93. The number of H-pyrrole nitrogens is 1. The number of aromatic amines is 1. The van der Waals surface area contributed by atoms with Gasteiger partial charge in [0.2, 0.25) is 21.3 Å². The number of para-hydroxylation sites is 1. The number of carbonyl (C=O) groups excluding carboxylic acids is 1. The van der Waals surface area contributed by atoms with Crippen molar-refractivity contribution in [2.75, 3.05) is 10.6 Å². The number of hydrogen-bond donors (Lipinski definition) is 4. The molecule has 1 heterocycles. The summed E-state index contributed by atoms with van der Waals surface area (Å²) < 4.78 is 23.3. The first-order valence-corrected chi connectivity index (χ1v) is 8.55. The van der Waals surface area contributed by atoms with E-state index in [1.165, 1.54) is 0 Å². The fourth-order valence-corrected chi connectivity index (χ4v) is 3.06. The highest BCUT2D eigenvalue weighted by Gasteiger charge is 2.22. The molecule has 12 heteroatoms. The molecular weight excluding hydrogens is 414 g/mol. The van der Waals surface area contributed by atoms with Gasteiger partial charge in [-0.05, 0) is 28.1 Å². The van der Waals surface area contributed by atoms with Crippen LogP contribution < -0.4 is 21.2 Å². The van der Waals surface area contributed by atoms with E-state index in [1.807, 2.05) is 0 Å². The Kier molecular flexibility index (Phi) is 5.04. The van der Waals surface area contributed by atoms with Crippen LogP contribution in [0.5, 0.6) is 0 Å². The average Bonchev–Trinajstić information content (AvgIpc) is 2.43. The second-order valence-corrected chi connectivity index (χ2v) is 6.88. The number of anilines is 2. The Balaban J connectivity index is 2.30. The van der Waals surface area contributed by atoms with Crippen molar-refractivity contribution in [3.63, 3.8) is 0 Å². The number of primary sulfonamides is 1. The number of carbonyl (C=O) groups is 1. The molecule has 1 aromatic heterocycles. The highest BCUT2D eigenvalue weighted by molar-refractivity contribution is 9.10. The summed E-state index contributed by atoms with van der Waals surface area (Å²) in [5, 5.41) is 14.5. The molecule has 122 valence electrons. The number of aromatic nitrogens is 2. The van der Waals surface area contributed by atoms with Gasteiger partial charge in [-0.2, -0.15) is 5.10 Å². The van der Waals surface area contributed by atoms with E-state index < -0.39 is 37.3 Å². The van der Waals surface area contributed by atoms with E-state index >= 15 is 0 Å². The SMILES string of the molecule is NS(=O)(=O)c1c(Cl)[nH]nc(NC(=O)Nc2ccccc2Br)c1=O. The molecule has 9 nitrogen and oxygen atoms in total. The smallest absolute Gasteiger partial charge is 0.307 e. The maximum Gasteiger partial charge on any atom is 0.325 e. The van der Waals surface area contributed by atoms with Gasteiger partial charge in [-0.25, -0.2) is 18.4 Å². The van der Waals surface area contributed by atoms with Crippen LogP contribution in [-0.2, 0) is 10.0 Å². The van der Waals surface area contributed by atoms with E-state index in [9.17, 15) is 18.0 Å². The minimum atomic E-state index is -4.38. The third-order valence-corrected chi connectivity index (χ3v) is 4.56. The zero-order valence-electron chi connectivity index (χ0n) is 11.1. The Bertz CT molecular complexity index is 930. The molecule has 0 aliphatic rings. The van der Waals surface area contributed by atoms with E-state index in [0.717, 1.165) is 0 Å². The van der Waals surface area contributed by atoms with Gasteiger partial charge in [0.05, 0.1) is 5.69 Å². The van der Waals surface area contributed by atoms with Crippen molar-refractivity contribution in [1.29, 1.82) is 0 Å². The van der Waals surface area contributed by atoms with E-state index in [4.69, 9.17) is 16.7 Å². The van der Waals surface area contributed by atoms with Gasteiger partial charge >= 0.3 is 6.03 Å². The Morgan fingerprint density at radius 3 is 2.57 bits per heavy atom. The summed E-state index contributed by atoms with van der Waals surface area (Å²) in [5.74, 6) is -0.567. The lowest BCUT2D eigenvalue weighted by Gasteiger charge is -2.09. The number of halogens is 2. The van der Waals surface area contributed by atoms with Crippen LogP contribution in [0.25, 0.3) is 0 Å². The molecule has 0 saturated carbocycles. The normalized spacial score (nSPS) is 11.1. The molecule has 0 saturated heterocycles. The van der Waals surface area contributed by atoms with Crippen LogP contribution in [0.15, 0.2) is 38.4 Å². The number of nitrogens with two attached hydrogens (primary N) is 1. The summed E-state index contributed by atoms with van der Waals surface area (Å²) in [6.45, 7) is 0. The fraction of sp³-hybridized carbons (Fsp3) is 0. The molecular formula is C11H9BrClN5O4S. The van der Waals surface area contributed by atoms with E-state index in [-0.39, 0.29) is 0 Å². The minimum Gasteiger partial charge on any atom is -0.307 e. The summed E-state index contributed by atoms with van der Waals surface area (Å²) in [6.07, 6.45) is 0. The van der Waals surface area contributed by atoms with Crippen LogP contribution in [0.4, 0.5) is 16.3 Å². The Hall–Kier alpha value is -1.95. The summed E-state index contributed by atoms with van der Waals surface area (Å²) in [7, 11) is -4.38. The Labute approximate surface area is 143 Å². The van der Waals surface area contributed by atoms with E-state index in [2.05, 4.69) is 36.8 Å². The molecule has 2 aromatic rings. The summed E-state index contributed by atoms with van der Waals surface area (Å²) >= 11 is 8.79. The van der Waals surface area contributed by atoms with Gasteiger partial charge in [-0.1, -0.05) is 23.7 Å². The molecule has 23 heavy (non-hydrogen) atoms. The molecule has 0 radical (unpaired) electrons. The van der Waals surface area contributed by atoms with Crippen LogP contribution in [0.1, 0.15) is 0 Å². The number of benzene rings is 1. The number of urea groups is 1. The summed E-state index contributed by atoms with van der Waals surface area (Å²) in [4.78, 5) is 23.0. The molecule has 0 atom stereocenters. The zero-order chi connectivity index (χ0) is 17.2. The average molecular weight is 423 g/mol. The molecule has 0 aliphatic heterocycles. The first-order valence-electron chi connectivity index (χ1n) is 5.83. The van der Waals surface area contributed by atoms with Gasteiger partial charge in [0, 0.05) is 4.47 Å². The third kappa shape index (κ3) is 4.07. The molecule has 1 aromatic carbocycles. The largest absolute Gasteiger partial charge is 0.325 e. The maximum atomic E-state index is 12.0. The third-order valence-electron chi connectivity index (χ3n) is 2.53. The van der Waals surface area contributed by atoms with Gasteiger partial charge in [0.15, 0.2) is 4.90 Å². The van der Waals surface area contributed by atoms with Gasteiger partial charge in [0.25, 0.3) is 0 Å². The van der Waals surface area contributed by atoms with Crippen molar-refractivity contribution in [3.05, 3.63) is 44.1 Å². The number of sulfonamides is 1. The van der Waals surface area contributed by atoms with Crippen molar-refractivity contribution < 1.29 is 13.2 Å². The molecule has 0 unspecified atom stereocenters. The quantitative estimate of drug-likeness (QED) is 0.591. The lowest BCUT2D eigenvalue weighted by Crippen LogP contribution is -2.29. The van der Waals surface area contributed by atoms with Crippen LogP contribution in [-0.4, -0.2) is 24.6 Å². The Morgan fingerprint density at radius 2 is 1.96 bits per heavy atom. The van der Waals surface area contributed by atoms with Crippen molar-refractivity contribution in [2.24, 2.45) is 5.14 Å². The van der Waals surface area contributed by atoms with E-state index in [0.29, 0.717) is 10.2 Å². The number of nitrogens with zero attached hydrogens (tertiary/aromatic N) is 1. The fourth-order valence-electron chi connectivity index (χ4n) is 1.58. The van der Waals surface area contributed by atoms with Gasteiger partial charge in [-0.3, -0.25) is 15.2 Å². The number of nitrogens with one attached hydrogen (secondary N) is 3. The van der Waals surface area contributed by atoms with Gasteiger partial charge in [0.1, 0.15) is 5.15 Å². The predicted octanol–water partition coefficient (Wildman–Crippen LogP) is 1.48. The highest BCUT2D eigenvalue weighted by atomic mass is 79.9. The lowest BCUT2D eigenvalue weighted by molar-refractivity contribution is 0.262. The second-order valence-electron chi connectivity index (χ2n) is 4.15. The van der Waals surface area contributed by atoms with Crippen LogP contribution in [0.3, 0.4) is 0 Å². The molecule has 0 aliphatic carbocycles. The lowest BCUT2D eigenvalue weighted by atomic mass is 10.3. The standard InChI is InChI=1S/C11H9BrClN5O4S/c12-5-3-1-2-4-6(5)15-11(20)16-10-7(19)8(23(14,21)22)9(13)17-18-10/h1-4H,(H,17,19)(H2,14,21,22)(H2,15,16,18,20). The molecule has 5 N–H and O–H groups in total. The molecule has 0 fully saturated rings. The van der Waals surface area contributed by atoms with Crippen molar-refractivity contribution in [3.8, 4) is 0 Å². The monoisotopic (exact) mass is 421 g/mol. The highest BCUT2D eigenvalue weighted by Crippen LogP contribution is 2.21. The molecule has 2 amide bonds. The first kappa shape index (κ1) is 17.4.